The summed E-state index contributed by atoms with van der Waals surface area (Å²) in [6.45, 7) is 3.01. The SMILES string of the molecule is CCCCCCCCN=C(N)N.O=S(=O)(O)C(F)(F)F. The molecule has 0 radical (unpaired) electrons. The van der Waals surface area contributed by atoms with Gasteiger partial charge in [-0.25, -0.2) is 0 Å². The van der Waals surface area contributed by atoms with Crippen LogP contribution < -0.4 is 11.5 Å². The average Bonchev–Trinajstić information content (AvgIpc) is 2.25. The summed E-state index contributed by atoms with van der Waals surface area (Å²) >= 11 is 0. The lowest BCUT2D eigenvalue weighted by atomic mass is 10.1. The Labute approximate surface area is 117 Å². The number of aliphatic imine (C=N–C) groups is 1. The Morgan fingerprint density at radius 1 is 1.10 bits per heavy atom. The number of unbranched alkanes of at least 4 members (excludes halogenated alkanes) is 5. The van der Waals surface area contributed by atoms with E-state index < -0.39 is 15.6 Å². The third-order valence-electron chi connectivity index (χ3n) is 2.10. The number of rotatable bonds is 7. The van der Waals surface area contributed by atoms with E-state index in [4.69, 9.17) is 24.4 Å². The quantitative estimate of drug-likeness (QED) is 0.218. The van der Waals surface area contributed by atoms with Crippen LogP contribution in [0.2, 0.25) is 0 Å². The zero-order valence-corrected chi connectivity index (χ0v) is 12.2. The minimum absolute atomic E-state index is 0.212. The molecule has 0 saturated heterocycles. The van der Waals surface area contributed by atoms with E-state index in [-0.39, 0.29) is 5.96 Å². The summed E-state index contributed by atoms with van der Waals surface area (Å²) in [5, 5.41) is 0. The number of nitrogens with two attached hydrogens (primary N) is 2. The molecule has 0 saturated carbocycles. The van der Waals surface area contributed by atoms with Crippen molar-refractivity contribution in [3.05, 3.63) is 0 Å². The topological polar surface area (TPSA) is 119 Å². The van der Waals surface area contributed by atoms with Crippen LogP contribution in [0.1, 0.15) is 45.4 Å². The molecule has 0 atom stereocenters. The highest BCUT2D eigenvalue weighted by Gasteiger charge is 2.44. The molecule has 6 nitrogen and oxygen atoms in total. The molecule has 0 aliphatic carbocycles. The maximum Gasteiger partial charge on any atom is 0.522 e. The second kappa shape index (κ2) is 10.7. The Morgan fingerprint density at radius 3 is 1.85 bits per heavy atom. The number of hydrogen-bond donors (Lipinski definition) is 3. The highest BCUT2D eigenvalue weighted by Crippen LogP contribution is 2.20. The lowest BCUT2D eigenvalue weighted by Crippen LogP contribution is -2.22. The zero-order chi connectivity index (χ0) is 16.2. The molecule has 0 heterocycles. The molecular weight excluding hydrogens is 299 g/mol. The van der Waals surface area contributed by atoms with Gasteiger partial charge < -0.3 is 11.5 Å². The molecule has 0 aromatic heterocycles. The van der Waals surface area contributed by atoms with Gasteiger partial charge >= 0.3 is 15.6 Å². The lowest BCUT2D eigenvalue weighted by Gasteiger charge is -1.97. The summed E-state index contributed by atoms with van der Waals surface area (Å²) in [5.74, 6) is 0.212. The maximum absolute atomic E-state index is 10.7. The fourth-order valence-electron chi connectivity index (χ4n) is 1.10. The van der Waals surface area contributed by atoms with Crippen molar-refractivity contribution in [1.82, 2.24) is 0 Å². The van der Waals surface area contributed by atoms with E-state index in [0.29, 0.717) is 0 Å². The average molecular weight is 321 g/mol. The van der Waals surface area contributed by atoms with Crippen LogP contribution in [0.25, 0.3) is 0 Å². The van der Waals surface area contributed by atoms with Crippen molar-refractivity contribution in [3.8, 4) is 0 Å². The molecule has 5 N–H and O–H groups in total. The van der Waals surface area contributed by atoms with Gasteiger partial charge in [0.2, 0.25) is 0 Å². The van der Waals surface area contributed by atoms with E-state index in [1.165, 1.54) is 32.1 Å². The summed E-state index contributed by atoms with van der Waals surface area (Å²) in [6, 6.07) is 0. The Morgan fingerprint density at radius 2 is 1.50 bits per heavy atom. The number of alkyl halides is 3. The second-order valence-electron chi connectivity index (χ2n) is 4.00. The van der Waals surface area contributed by atoms with Crippen LogP contribution in [0.4, 0.5) is 13.2 Å². The summed E-state index contributed by atoms with van der Waals surface area (Å²) in [7, 11) is -5.84. The number of nitrogens with zero attached hydrogens (tertiary/aromatic N) is 1. The van der Waals surface area contributed by atoms with Crippen LogP contribution >= 0.6 is 0 Å². The first-order valence-electron chi connectivity index (χ1n) is 6.11. The van der Waals surface area contributed by atoms with Gasteiger partial charge in [0.25, 0.3) is 0 Å². The van der Waals surface area contributed by atoms with Crippen molar-refractivity contribution in [2.75, 3.05) is 6.54 Å². The van der Waals surface area contributed by atoms with E-state index in [9.17, 15) is 13.2 Å². The molecule has 10 heteroatoms. The molecule has 0 aliphatic rings. The van der Waals surface area contributed by atoms with E-state index >= 15 is 0 Å². The van der Waals surface area contributed by atoms with Gasteiger partial charge in [0.1, 0.15) is 0 Å². The molecule has 0 bridgehead atoms. The zero-order valence-electron chi connectivity index (χ0n) is 11.4. The second-order valence-corrected chi connectivity index (χ2v) is 5.41. The first-order chi connectivity index (χ1) is 9.02. The molecule has 122 valence electrons. The van der Waals surface area contributed by atoms with Gasteiger partial charge in [-0.2, -0.15) is 21.6 Å². The molecular formula is C10H22F3N3O3S. The molecule has 0 amide bonds. The van der Waals surface area contributed by atoms with E-state index in [0.717, 1.165) is 13.0 Å². The van der Waals surface area contributed by atoms with Gasteiger partial charge in [0, 0.05) is 6.54 Å². The molecule has 0 aromatic rings. The van der Waals surface area contributed by atoms with Crippen molar-refractivity contribution < 1.29 is 26.1 Å². The molecule has 0 aliphatic heterocycles. The smallest absolute Gasteiger partial charge is 0.370 e. The number of guanidine groups is 1. The fourth-order valence-corrected chi connectivity index (χ4v) is 1.10. The first kappa shape index (κ1) is 21.3. The lowest BCUT2D eigenvalue weighted by molar-refractivity contribution is -0.0510. The van der Waals surface area contributed by atoms with E-state index in [2.05, 4.69) is 11.9 Å². The van der Waals surface area contributed by atoms with Gasteiger partial charge in [-0.15, -0.1) is 0 Å². The Balaban J connectivity index is 0. The monoisotopic (exact) mass is 321 g/mol. The molecule has 0 rings (SSSR count). The van der Waals surface area contributed by atoms with Crippen LogP contribution in [0, 0.1) is 0 Å². The first-order valence-corrected chi connectivity index (χ1v) is 7.55. The molecule has 20 heavy (non-hydrogen) atoms. The minimum Gasteiger partial charge on any atom is -0.370 e. The summed E-state index contributed by atoms with van der Waals surface area (Å²) in [4.78, 5) is 3.91. The maximum atomic E-state index is 10.7. The highest BCUT2D eigenvalue weighted by molar-refractivity contribution is 7.86. The van der Waals surface area contributed by atoms with Crippen LogP contribution in [0.5, 0.6) is 0 Å². The largest absolute Gasteiger partial charge is 0.522 e. The van der Waals surface area contributed by atoms with Gasteiger partial charge in [-0.05, 0) is 6.42 Å². The van der Waals surface area contributed by atoms with Crippen LogP contribution in [0.3, 0.4) is 0 Å². The van der Waals surface area contributed by atoms with Gasteiger partial charge in [0.05, 0.1) is 0 Å². The number of hydrogen-bond acceptors (Lipinski definition) is 3. The Bertz CT molecular complexity index is 366. The Kier molecular flexibility index (Phi) is 11.4. The van der Waals surface area contributed by atoms with Crippen molar-refractivity contribution in [2.45, 2.75) is 51.0 Å². The van der Waals surface area contributed by atoms with Crippen molar-refractivity contribution >= 4 is 16.1 Å². The third-order valence-corrected chi connectivity index (χ3v) is 2.68. The van der Waals surface area contributed by atoms with Gasteiger partial charge in [-0.3, -0.25) is 9.55 Å². The van der Waals surface area contributed by atoms with Crippen LogP contribution in [-0.2, 0) is 10.1 Å². The molecule has 0 unspecified atom stereocenters. The summed E-state index contributed by atoms with van der Waals surface area (Å²) in [6.07, 6.45) is 7.67. The third kappa shape index (κ3) is 15.0. The molecule has 0 spiro atoms. The molecule has 0 aromatic carbocycles. The Hall–Kier alpha value is -1.03. The van der Waals surface area contributed by atoms with Gasteiger partial charge in [0.15, 0.2) is 5.96 Å². The van der Waals surface area contributed by atoms with E-state index in [1.807, 2.05) is 0 Å². The predicted octanol–water partition coefficient (Wildman–Crippen LogP) is 2.01. The minimum atomic E-state index is -5.84. The summed E-state index contributed by atoms with van der Waals surface area (Å²) < 4.78 is 57.5. The van der Waals surface area contributed by atoms with Crippen molar-refractivity contribution in [3.63, 3.8) is 0 Å². The van der Waals surface area contributed by atoms with Crippen molar-refractivity contribution in [2.24, 2.45) is 16.5 Å². The summed E-state index contributed by atoms with van der Waals surface area (Å²) in [5.41, 5.74) is 4.83. The fraction of sp³-hybridized carbons (Fsp3) is 0.900. The van der Waals surface area contributed by atoms with Crippen LogP contribution in [0.15, 0.2) is 4.99 Å². The van der Waals surface area contributed by atoms with Crippen LogP contribution in [-0.4, -0.2) is 31.0 Å². The highest BCUT2D eigenvalue weighted by atomic mass is 32.2. The van der Waals surface area contributed by atoms with E-state index in [1.54, 1.807) is 0 Å². The normalized spacial score (nSPS) is 11.4. The predicted molar refractivity (Wildman–Crippen MR) is 71.7 cm³/mol. The molecule has 0 fully saturated rings. The number of halogens is 3. The van der Waals surface area contributed by atoms with Crippen molar-refractivity contribution in [1.29, 1.82) is 0 Å². The standard InChI is InChI=1S/C9H21N3.CHF3O3S/c1-2-3-4-5-6-7-8-12-9(10)11;2-1(3,4)8(5,6)7/h2-8H2,1H3,(H4,10,11,12);(H,5,6,7). The van der Waals surface area contributed by atoms with Gasteiger partial charge in [-0.1, -0.05) is 39.0 Å².